The van der Waals surface area contributed by atoms with E-state index in [9.17, 15) is 4.79 Å². The first-order chi connectivity index (χ1) is 13.5. The van der Waals surface area contributed by atoms with E-state index in [1.54, 1.807) is 4.68 Å². The van der Waals surface area contributed by atoms with Crippen molar-refractivity contribution in [3.8, 4) is 5.82 Å². The van der Waals surface area contributed by atoms with Crippen molar-refractivity contribution in [2.24, 2.45) is 0 Å². The molecule has 7 nitrogen and oxygen atoms in total. The Balaban J connectivity index is 1.41. The zero-order valence-electron chi connectivity index (χ0n) is 16.6. The molecule has 1 aromatic carbocycles. The number of carbonyl (C=O) groups is 1. The highest BCUT2D eigenvalue weighted by Crippen LogP contribution is 2.15. The molecule has 1 amide bonds. The minimum atomic E-state index is 0.0481. The molecule has 0 aliphatic heterocycles. The molecule has 7 heteroatoms. The highest BCUT2D eigenvalue weighted by molar-refractivity contribution is 5.76. The van der Waals surface area contributed by atoms with Gasteiger partial charge in [0.1, 0.15) is 5.82 Å². The third-order valence-electron chi connectivity index (χ3n) is 4.76. The molecule has 0 saturated carbocycles. The molecule has 0 bridgehead atoms. The molecule has 0 atom stereocenters. The summed E-state index contributed by atoms with van der Waals surface area (Å²) < 4.78 is 1.80. The molecule has 0 radical (unpaired) electrons. The molecule has 2 aromatic heterocycles. The van der Waals surface area contributed by atoms with Crippen LogP contribution in [0.15, 0.2) is 42.5 Å². The van der Waals surface area contributed by atoms with Gasteiger partial charge in [-0.25, -0.2) is 4.68 Å². The second kappa shape index (κ2) is 9.12. The van der Waals surface area contributed by atoms with Gasteiger partial charge >= 0.3 is 0 Å². The lowest BCUT2D eigenvalue weighted by atomic mass is 10.1. The van der Waals surface area contributed by atoms with Gasteiger partial charge in [-0.1, -0.05) is 30.3 Å². The Hall–Kier alpha value is -3.22. The van der Waals surface area contributed by atoms with E-state index in [0.717, 1.165) is 23.4 Å². The van der Waals surface area contributed by atoms with Crippen LogP contribution >= 0.6 is 0 Å². The summed E-state index contributed by atoms with van der Waals surface area (Å²) in [5.74, 6) is 1.40. The lowest BCUT2D eigenvalue weighted by Crippen LogP contribution is -2.29. The van der Waals surface area contributed by atoms with Gasteiger partial charge in [0.25, 0.3) is 0 Å². The Morgan fingerprint density at radius 1 is 1.00 bits per heavy atom. The molecular weight excluding hydrogens is 352 g/mol. The summed E-state index contributed by atoms with van der Waals surface area (Å²) in [4.78, 5) is 11.9. The molecule has 3 rings (SSSR count). The number of nitrogens with zero attached hydrogens (tertiary/aromatic N) is 4. The van der Waals surface area contributed by atoms with Crippen molar-refractivity contribution in [1.82, 2.24) is 25.3 Å². The van der Waals surface area contributed by atoms with E-state index in [0.29, 0.717) is 31.1 Å². The van der Waals surface area contributed by atoms with Crippen LogP contribution in [0.4, 0.5) is 5.82 Å². The molecular formula is C21H26N6O. The van der Waals surface area contributed by atoms with Crippen LogP contribution in [0.1, 0.15) is 28.9 Å². The number of amides is 1. The lowest BCUT2D eigenvalue weighted by molar-refractivity contribution is -0.120. The number of nitrogens with one attached hydrogen (secondary N) is 2. The first-order valence-corrected chi connectivity index (χ1v) is 9.46. The predicted octanol–water partition coefficient (Wildman–Crippen LogP) is 2.75. The number of rotatable bonds is 8. The van der Waals surface area contributed by atoms with Crippen molar-refractivity contribution in [3.63, 3.8) is 0 Å². The molecule has 2 heterocycles. The minimum Gasteiger partial charge on any atom is -0.367 e. The van der Waals surface area contributed by atoms with Crippen LogP contribution in [0.25, 0.3) is 5.82 Å². The smallest absolute Gasteiger partial charge is 0.220 e. The summed E-state index contributed by atoms with van der Waals surface area (Å²) in [7, 11) is 0. The summed E-state index contributed by atoms with van der Waals surface area (Å²) in [6, 6.07) is 13.8. The fourth-order valence-electron chi connectivity index (χ4n) is 2.86. The van der Waals surface area contributed by atoms with Crippen LogP contribution < -0.4 is 10.6 Å². The quantitative estimate of drug-likeness (QED) is 0.589. The van der Waals surface area contributed by atoms with Crippen molar-refractivity contribution >= 4 is 11.7 Å². The number of carbonyl (C=O) groups excluding carboxylic acids is 1. The van der Waals surface area contributed by atoms with Crippen molar-refractivity contribution in [3.05, 3.63) is 65.0 Å². The normalized spacial score (nSPS) is 10.7. The number of benzene rings is 1. The van der Waals surface area contributed by atoms with Crippen LogP contribution in [0.5, 0.6) is 0 Å². The zero-order valence-corrected chi connectivity index (χ0v) is 16.6. The van der Waals surface area contributed by atoms with Crippen molar-refractivity contribution < 1.29 is 4.79 Å². The molecule has 0 aliphatic carbocycles. The molecule has 0 spiro atoms. The Labute approximate surface area is 165 Å². The Bertz CT molecular complexity index is 918. The highest BCUT2D eigenvalue weighted by atomic mass is 16.1. The summed E-state index contributed by atoms with van der Waals surface area (Å²) >= 11 is 0. The second-order valence-electron chi connectivity index (χ2n) is 6.75. The van der Waals surface area contributed by atoms with E-state index in [-0.39, 0.29) is 5.91 Å². The van der Waals surface area contributed by atoms with E-state index in [1.165, 1.54) is 5.56 Å². The molecule has 3 aromatic rings. The monoisotopic (exact) mass is 378 g/mol. The van der Waals surface area contributed by atoms with Gasteiger partial charge in [0.2, 0.25) is 5.91 Å². The van der Waals surface area contributed by atoms with Crippen molar-refractivity contribution in [2.45, 2.75) is 33.6 Å². The van der Waals surface area contributed by atoms with Crippen LogP contribution in [-0.4, -0.2) is 39.0 Å². The minimum absolute atomic E-state index is 0.0481. The van der Waals surface area contributed by atoms with E-state index >= 15 is 0 Å². The standard InChI is InChI=1S/C21H26N6O/c1-15-16(2)26-27(17(15)3)20-11-10-19(24-25-20)22-13-14-23-21(28)12-9-18-7-5-4-6-8-18/h4-8,10-11H,9,12-14H2,1-3H3,(H,22,24)(H,23,28). The van der Waals surface area contributed by atoms with Gasteiger partial charge in [0.05, 0.1) is 5.69 Å². The third kappa shape index (κ3) is 4.94. The molecule has 2 N–H and O–H groups in total. The maximum Gasteiger partial charge on any atom is 0.220 e. The SMILES string of the molecule is Cc1nn(-c2ccc(NCCNC(=O)CCc3ccccc3)nn2)c(C)c1C. The van der Waals surface area contributed by atoms with Crippen LogP contribution in [0.3, 0.4) is 0 Å². The number of hydrogen-bond donors (Lipinski definition) is 2. The van der Waals surface area contributed by atoms with Gasteiger partial charge in [-0.2, -0.15) is 5.10 Å². The number of aryl methyl sites for hydroxylation is 2. The van der Waals surface area contributed by atoms with Gasteiger partial charge in [-0.15, -0.1) is 10.2 Å². The largest absolute Gasteiger partial charge is 0.367 e. The van der Waals surface area contributed by atoms with Gasteiger partial charge in [0, 0.05) is 25.2 Å². The van der Waals surface area contributed by atoms with Gasteiger partial charge < -0.3 is 10.6 Å². The second-order valence-corrected chi connectivity index (χ2v) is 6.75. The van der Waals surface area contributed by atoms with Crippen molar-refractivity contribution in [1.29, 1.82) is 0 Å². The first-order valence-electron chi connectivity index (χ1n) is 9.46. The third-order valence-corrected chi connectivity index (χ3v) is 4.76. The maximum atomic E-state index is 11.9. The average molecular weight is 378 g/mol. The predicted molar refractivity (Wildman–Crippen MR) is 110 cm³/mol. The summed E-state index contributed by atoms with van der Waals surface area (Å²) in [6.45, 7) is 7.17. The fraction of sp³-hybridized carbons (Fsp3) is 0.333. The lowest BCUT2D eigenvalue weighted by Gasteiger charge is -2.08. The van der Waals surface area contributed by atoms with Gasteiger partial charge in [-0.3, -0.25) is 4.79 Å². The fourth-order valence-corrected chi connectivity index (χ4v) is 2.86. The first kappa shape index (κ1) is 19.5. The molecule has 146 valence electrons. The summed E-state index contributed by atoms with van der Waals surface area (Å²) in [6.07, 6.45) is 1.24. The van der Waals surface area contributed by atoms with E-state index in [1.807, 2.05) is 63.2 Å². The molecule has 0 unspecified atom stereocenters. The molecule has 0 fully saturated rings. The maximum absolute atomic E-state index is 11.9. The van der Waals surface area contributed by atoms with Gasteiger partial charge in [-0.05, 0) is 50.5 Å². The number of aromatic nitrogens is 4. The number of anilines is 1. The van der Waals surface area contributed by atoms with Crippen molar-refractivity contribution in [2.75, 3.05) is 18.4 Å². The summed E-state index contributed by atoms with van der Waals surface area (Å²) in [5.41, 5.74) is 4.38. The number of hydrogen-bond acceptors (Lipinski definition) is 5. The molecule has 0 saturated heterocycles. The topological polar surface area (TPSA) is 84.7 Å². The average Bonchev–Trinajstić information content (AvgIpc) is 2.98. The molecule has 28 heavy (non-hydrogen) atoms. The van der Waals surface area contributed by atoms with E-state index in [4.69, 9.17) is 0 Å². The highest BCUT2D eigenvalue weighted by Gasteiger charge is 2.10. The van der Waals surface area contributed by atoms with E-state index in [2.05, 4.69) is 25.9 Å². The van der Waals surface area contributed by atoms with Gasteiger partial charge in [0.15, 0.2) is 5.82 Å². The van der Waals surface area contributed by atoms with E-state index < -0.39 is 0 Å². The Morgan fingerprint density at radius 3 is 2.43 bits per heavy atom. The Kier molecular flexibility index (Phi) is 6.37. The van der Waals surface area contributed by atoms with Crippen LogP contribution in [0, 0.1) is 20.8 Å². The Morgan fingerprint density at radius 2 is 1.79 bits per heavy atom. The van der Waals surface area contributed by atoms with Crippen LogP contribution in [0.2, 0.25) is 0 Å². The molecule has 0 aliphatic rings. The zero-order chi connectivity index (χ0) is 19.9. The van der Waals surface area contributed by atoms with Crippen LogP contribution in [-0.2, 0) is 11.2 Å². The summed E-state index contributed by atoms with van der Waals surface area (Å²) in [5, 5.41) is 19.0.